The van der Waals surface area contributed by atoms with Gasteiger partial charge in [-0.3, -0.25) is 14.9 Å². The number of rotatable bonds is 3. The molecule has 0 bridgehead atoms. The van der Waals surface area contributed by atoms with E-state index in [1.807, 2.05) is 6.07 Å². The van der Waals surface area contributed by atoms with Crippen LogP contribution in [-0.2, 0) is 4.79 Å². The van der Waals surface area contributed by atoms with Gasteiger partial charge >= 0.3 is 5.69 Å². The van der Waals surface area contributed by atoms with E-state index in [1.165, 1.54) is 18.2 Å². The quantitative estimate of drug-likeness (QED) is 0.395. The van der Waals surface area contributed by atoms with E-state index < -0.39 is 16.4 Å². The smallest absolute Gasteiger partial charge is 0.311 e. The van der Waals surface area contributed by atoms with Crippen LogP contribution in [0.4, 0.5) is 5.69 Å². The number of aromatic hydroxyl groups is 1. The zero-order valence-electron chi connectivity index (χ0n) is 11.2. The van der Waals surface area contributed by atoms with E-state index in [0.29, 0.717) is 18.7 Å². The number of benzene rings is 1. The third-order valence-electron chi connectivity index (χ3n) is 3.25. The lowest BCUT2D eigenvalue weighted by molar-refractivity contribution is -0.385. The molecule has 1 fully saturated rings. The number of hydrogen-bond acceptors (Lipinski definition) is 5. The molecule has 108 valence electrons. The Morgan fingerprint density at radius 2 is 2.10 bits per heavy atom. The molecule has 2 rings (SSSR count). The van der Waals surface area contributed by atoms with Gasteiger partial charge in [0.15, 0.2) is 5.75 Å². The number of hydrogen-bond donors (Lipinski definition) is 1. The maximum Gasteiger partial charge on any atom is 0.311 e. The minimum Gasteiger partial charge on any atom is -0.502 e. The molecule has 7 nitrogen and oxygen atoms in total. The Hall–Kier alpha value is -2.88. The van der Waals surface area contributed by atoms with Crippen molar-refractivity contribution in [1.82, 2.24) is 4.90 Å². The first-order chi connectivity index (χ1) is 10.0. The van der Waals surface area contributed by atoms with Gasteiger partial charge in [-0.25, -0.2) is 0 Å². The highest BCUT2D eigenvalue weighted by atomic mass is 16.6. The van der Waals surface area contributed by atoms with Gasteiger partial charge in [-0.2, -0.15) is 5.26 Å². The lowest BCUT2D eigenvalue weighted by atomic mass is 10.1. The van der Waals surface area contributed by atoms with Crippen molar-refractivity contribution < 1.29 is 14.8 Å². The van der Waals surface area contributed by atoms with Crippen LogP contribution in [-0.4, -0.2) is 33.9 Å². The number of carbonyl (C=O) groups is 1. The van der Waals surface area contributed by atoms with E-state index in [2.05, 4.69) is 0 Å². The molecule has 1 aliphatic rings. The molecule has 0 aromatic heterocycles. The minimum absolute atomic E-state index is 0.0723. The van der Waals surface area contributed by atoms with E-state index in [9.17, 15) is 20.0 Å². The van der Waals surface area contributed by atoms with Gasteiger partial charge in [0.1, 0.15) is 11.6 Å². The van der Waals surface area contributed by atoms with Crippen LogP contribution in [0.25, 0.3) is 6.08 Å². The lowest BCUT2D eigenvalue weighted by Gasteiger charge is -2.14. The van der Waals surface area contributed by atoms with Crippen molar-refractivity contribution >= 4 is 17.7 Å². The highest BCUT2D eigenvalue weighted by Crippen LogP contribution is 2.27. The molecule has 1 aromatic carbocycles. The monoisotopic (exact) mass is 287 g/mol. The van der Waals surface area contributed by atoms with Gasteiger partial charge in [-0.1, -0.05) is 6.07 Å². The number of likely N-dealkylation sites (tertiary alicyclic amines) is 1. The summed E-state index contributed by atoms with van der Waals surface area (Å²) in [7, 11) is 0. The normalized spacial score (nSPS) is 14.8. The second-order valence-corrected chi connectivity index (χ2v) is 4.67. The molecule has 0 spiro atoms. The number of amides is 1. The molecule has 1 aliphatic heterocycles. The standard InChI is InChI=1S/C14H13N3O4/c15-9-11(14(19)16-5-1-2-6-16)7-10-3-4-13(18)12(8-10)17(20)21/h3-4,7-8,18H,1-2,5-6H2/b11-7+. The molecule has 1 aromatic rings. The van der Waals surface area contributed by atoms with Crippen LogP contribution in [0.2, 0.25) is 0 Å². The molecule has 1 heterocycles. The summed E-state index contributed by atoms with van der Waals surface area (Å²) in [6, 6.07) is 5.54. The van der Waals surface area contributed by atoms with E-state index in [1.54, 1.807) is 4.90 Å². The van der Waals surface area contributed by atoms with Gasteiger partial charge in [-0.05, 0) is 30.5 Å². The summed E-state index contributed by atoms with van der Waals surface area (Å²) >= 11 is 0. The van der Waals surface area contributed by atoms with Crippen molar-refractivity contribution in [2.24, 2.45) is 0 Å². The van der Waals surface area contributed by atoms with Crippen molar-refractivity contribution in [3.8, 4) is 11.8 Å². The molecular formula is C14H13N3O4. The second-order valence-electron chi connectivity index (χ2n) is 4.67. The van der Waals surface area contributed by atoms with Crippen LogP contribution in [0, 0.1) is 21.4 Å². The van der Waals surface area contributed by atoms with Crippen molar-refractivity contribution in [1.29, 1.82) is 5.26 Å². The summed E-state index contributed by atoms with van der Waals surface area (Å²) in [5.74, 6) is -0.827. The largest absolute Gasteiger partial charge is 0.502 e. The highest BCUT2D eigenvalue weighted by molar-refractivity contribution is 6.01. The molecule has 0 unspecified atom stereocenters. The minimum atomic E-state index is -0.721. The Balaban J connectivity index is 2.32. The molecule has 7 heteroatoms. The van der Waals surface area contributed by atoms with Gasteiger partial charge < -0.3 is 10.0 Å². The van der Waals surface area contributed by atoms with Gasteiger partial charge in [0.05, 0.1) is 4.92 Å². The molecule has 0 atom stereocenters. The Bertz CT molecular complexity index is 655. The lowest BCUT2D eigenvalue weighted by Crippen LogP contribution is -2.28. The first kappa shape index (κ1) is 14.5. The van der Waals surface area contributed by atoms with E-state index in [4.69, 9.17) is 5.26 Å². The highest BCUT2D eigenvalue weighted by Gasteiger charge is 2.22. The predicted molar refractivity (Wildman–Crippen MR) is 74.2 cm³/mol. The van der Waals surface area contributed by atoms with Crippen LogP contribution < -0.4 is 0 Å². The third-order valence-corrected chi connectivity index (χ3v) is 3.25. The SMILES string of the molecule is N#C/C(=C\c1ccc(O)c([N+](=O)[O-])c1)C(=O)N1CCCC1. The van der Waals surface area contributed by atoms with Crippen LogP contribution in [0.3, 0.4) is 0 Å². The van der Waals surface area contributed by atoms with Gasteiger partial charge in [-0.15, -0.1) is 0 Å². The Morgan fingerprint density at radius 3 is 2.67 bits per heavy atom. The van der Waals surface area contributed by atoms with Crippen molar-refractivity contribution in [3.63, 3.8) is 0 Å². The summed E-state index contributed by atoms with van der Waals surface area (Å²) in [5, 5.41) is 29.2. The van der Waals surface area contributed by atoms with Crippen LogP contribution in [0.5, 0.6) is 5.75 Å². The van der Waals surface area contributed by atoms with E-state index in [-0.39, 0.29) is 11.5 Å². The Kier molecular flexibility index (Phi) is 4.18. The van der Waals surface area contributed by atoms with Crippen molar-refractivity contribution in [2.75, 3.05) is 13.1 Å². The molecule has 1 amide bonds. The molecule has 1 saturated heterocycles. The maximum atomic E-state index is 12.1. The fourth-order valence-electron chi connectivity index (χ4n) is 2.18. The fraction of sp³-hybridized carbons (Fsp3) is 0.286. The molecule has 0 radical (unpaired) electrons. The zero-order valence-corrected chi connectivity index (χ0v) is 11.2. The molecule has 1 N–H and O–H groups in total. The molecule has 0 saturated carbocycles. The predicted octanol–water partition coefficient (Wildman–Crippen LogP) is 1.83. The Labute approximate surface area is 120 Å². The number of nitro groups is 1. The molecule has 21 heavy (non-hydrogen) atoms. The number of nitro benzene ring substituents is 1. The average molecular weight is 287 g/mol. The average Bonchev–Trinajstić information content (AvgIpc) is 2.99. The van der Waals surface area contributed by atoms with Gasteiger partial charge in [0.2, 0.25) is 0 Å². The van der Waals surface area contributed by atoms with E-state index >= 15 is 0 Å². The fourth-order valence-corrected chi connectivity index (χ4v) is 2.18. The number of nitriles is 1. The van der Waals surface area contributed by atoms with E-state index in [0.717, 1.165) is 18.9 Å². The second kappa shape index (κ2) is 6.05. The van der Waals surface area contributed by atoms with Crippen molar-refractivity contribution in [2.45, 2.75) is 12.8 Å². The van der Waals surface area contributed by atoms with Crippen LogP contribution >= 0.6 is 0 Å². The maximum absolute atomic E-state index is 12.1. The number of nitrogens with zero attached hydrogens (tertiary/aromatic N) is 3. The number of carbonyl (C=O) groups excluding carboxylic acids is 1. The summed E-state index contributed by atoms with van der Waals surface area (Å²) in [6.45, 7) is 1.24. The topological polar surface area (TPSA) is 107 Å². The van der Waals surface area contributed by atoms with Crippen LogP contribution in [0.15, 0.2) is 23.8 Å². The van der Waals surface area contributed by atoms with Crippen molar-refractivity contribution in [3.05, 3.63) is 39.4 Å². The first-order valence-electron chi connectivity index (χ1n) is 6.41. The zero-order chi connectivity index (χ0) is 15.4. The first-order valence-corrected chi connectivity index (χ1v) is 6.41. The third kappa shape index (κ3) is 3.17. The number of phenolic OH excluding ortho intramolecular Hbond substituents is 1. The molecule has 0 aliphatic carbocycles. The Morgan fingerprint density at radius 1 is 1.43 bits per heavy atom. The summed E-state index contributed by atoms with van der Waals surface area (Å²) < 4.78 is 0. The number of phenols is 1. The van der Waals surface area contributed by atoms with Gasteiger partial charge in [0, 0.05) is 19.2 Å². The molecular weight excluding hydrogens is 274 g/mol. The summed E-state index contributed by atoms with van der Waals surface area (Å²) in [5.41, 5.74) is -0.213. The summed E-state index contributed by atoms with van der Waals surface area (Å²) in [4.78, 5) is 23.7. The van der Waals surface area contributed by atoms with Crippen LogP contribution in [0.1, 0.15) is 18.4 Å². The van der Waals surface area contributed by atoms with Gasteiger partial charge in [0.25, 0.3) is 5.91 Å². The summed E-state index contributed by atoms with van der Waals surface area (Å²) in [6.07, 6.45) is 3.12.